The number of ketones is 1. The van der Waals surface area contributed by atoms with Crippen molar-refractivity contribution >= 4 is 28.3 Å². The van der Waals surface area contributed by atoms with Gasteiger partial charge >= 0.3 is 5.91 Å². The van der Waals surface area contributed by atoms with Gasteiger partial charge in [0.05, 0.1) is 28.5 Å². The van der Waals surface area contributed by atoms with E-state index >= 15 is 0 Å². The molecular formula is C18H10N2O7. The topological polar surface area (TPSA) is 129 Å². The summed E-state index contributed by atoms with van der Waals surface area (Å²) in [4.78, 5) is 36.0. The summed E-state index contributed by atoms with van der Waals surface area (Å²) < 4.78 is 10.9. The standard InChI is InChI=1S/C18H10N2O7/c21-16(13-3-1-7-26-13)15-11-6-5-10(20(24)25)9-12(11)19(18(15)23)17(22)14-4-2-8-27-14/h1-9,23H. The second kappa shape index (κ2) is 5.99. The number of hydrogen-bond acceptors (Lipinski definition) is 7. The van der Waals surface area contributed by atoms with Crippen molar-refractivity contribution in [3.8, 4) is 5.88 Å². The van der Waals surface area contributed by atoms with E-state index in [4.69, 9.17) is 8.83 Å². The quantitative estimate of drug-likeness (QED) is 0.333. The number of benzene rings is 1. The molecule has 0 bridgehead atoms. The minimum atomic E-state index is -0.776. The number of carbonyl (C=O) groups is 2. The molecule has 0 fully saturated rings. The van der Waals surface area contributed by atoms with Crippen LogP contribution in [0.2, 0.25) is 0 Å². The first-order chi connectivity index (χ1) is 13.0. The molecule has 0 unspecified atom stereocenters. The van der Waals surface area contributed by atoms with Crippen LogP contribution in [0.3, 0.4) is 0 Å². The summed E-state index contributed by atoms with van der Waals surface area (Å²) in [6.07, 6.45) is 2.57. The first-order valence-electron chi connectivity index (χ1n) is 7.67. The number of nitro benzene ring substituents is 1. The summed E-state index contributed by atoms with van der Waals surface area (Å²) in [5.74, 6) is -2.25. The van der Waals surface area contributed by atoms with Crippen LogP contribution in [0.5, 0.6) is 5.88 Å². The molecule has 1 N–H and O–H groups in total. The predicted octanol–water partition coefficient (Wildman–Crippen LogP) is 3.36. The van der Waals surface area contributed by atoms with E-state index in [1.165, 1.54) is 48.9 Å². The molecular weight excluding hydrogens is 356 g/mol. The van der Waals surface area contributed by atoms with E-state index in [0.29, 0.717) is 0 Å². The molecule has 0 aliphatic heterocycles. The summed E-state index contributed by atoms with van der Waals surface area (Å²) in [7, 11) is 0. The number of rotatable bonds is 4. The summed E-state index contributed by atoms with van der Waals surface area (Å²) in [6, 6.07) is 9.35. The van der Waals surface area contributed by atoms with Crippen LogP contribution in [0.1, 0.15) is 26.7 Å². The molecule has 0 amide bonds. The number of hydrogen-bond donors (Lipinski definition) is 1. The second-order valence-corrected chi connectivity index (χ2v) is 5.58. The van der Waals surface area contributed by atoms with Crippen molar-refractivity contribution in [2.24, 2.45) is 0 Å². The zero-order chi connectivity index (χ0) is 19.1. The van der Waals surface area contributed by atoms with Crippen LogP contribution >= 0.6 is 0 Å². The van der Waals surface area contributed by atoms with E-state index in [1.807, 2.05) is 0 Å². The van der Waals surface area contributed by atoms with E-state index in [9.17, 15) is 24.8 Å². The highest BCUT2D eigenvalue weighted by atomic mass is 16.6. The number of aromatic hydroxyl groups is 1. The monoisotopic (exact) mass is 366 g/mol. The Hall–Kier alpha value is -4.14. The summed E-state index contributed by atoms with van der Waals surface area (Å²) in [6.45, 7) is 0. The number of nitro groups is 1. The van der Waals surface area contributed by atoms with E-state index < -0.39 is 22.5 Å². The maximum Gasteiger partial charge on any atom is 0.300 e. The summed E-state index contributed by atoms with van der Waals surface area (Å²) >= 11 is 0. The van der Waals surface area contributed by atoms with E-state index in [-0.39, 0.29) is 33.7 Å². The summed E-state index contributed by atoms with van der Waals surface area (Å²) in [5.41, 5.74) is -0.502. The van der Waals surface area contributed by atoms with Gasteiger partial charge in [-0.2, -0.15) is 0 Å². The van der Waals surface area contributed by atoms with Gasteiger partial charge in [0.15, 0.2) is 11.5 Å². The predicted molar refractivity (Wildman–Crippen MR) is 90.8 cm³/mol. The van der Waals surface area contributed by atoms with Crippen molar-refractivity contribution in [3.63, 3.8) is 0 Å². The lowest BCUT2D eigenvalue weighted by atomic mass is 10.1. The molecule has 4 aromatic rings. The average Bonchev–Trinajstić information content (AvgIpc) is 3.39. The molecule has 9 heteroatoms. The van der Waals surface area contributed by atoms with E-state index in [0.717, 1.165) is 10.6 Å². The van der Waals surface area contributed by atoms with Crippen LogP contribution < -0.4 is 0 Å². The molecule has 4 rings (SSSR count). The Kier molecular flexibility index (Phi) is 3.62. The van der Waals surface area contributed by atoms with Gasteiger partial charge in [-0.25, -0.2) is 4.57 Å². The molecule has 3 aromatic heterocycles. The fourth-order valence-electron chi connectivity index (χ4n) is 2.85. The first kappa shape index (κ1) is 16.3. The van der Waals surface area contributed by atoms with Gasteiger partial charge in [0.1, 0.15) is 0 Å². The van der Waals surface area contributed by atoms with Crippen LogP contribution in [0.4, 0.5) is 5.69 Å². The number of carbonyl (C=O) groups excluding carboxylic acids is 2. The van der Waals surface area contributed by atoms with Crippen LogP contribution in [0, 0.1) is 10.1 Å². The lowest BCUT2D eigenvalue weighted by Crippen LogP contribution is -2.11. The van der Waals surface area contributed by atoms with Crippen molar-refractivity contribution in [2.45, 2.75) is 0 Å². The van der Waals surface area contributed by atoms with Crippen molar-refractivity contribution in [1.29, 1.82) is 0 Å². The molecule has 0 aliphatic carbocycles. The van der Waals surface area contributed by atoms with Crippen LogP contribution in [0.15, 0.2) is 63.8 Å². The molecule has 0 saturated heterocycles. The molecule has 0 radical (unpaired) electrons. The third-order valence-electron chi connectivity index (χ3n) is 4.04. The van der Waals surface area contributed by atoms with Crippen LogP contribution in [-0.4, -0.2) is 26.3 Å². The molecule has 0 saturated carbocycles. The molecule has 0 aliphatic rings. The third-order valence-corrected chi connectivity index (χ3v) is 4.04. The molecule has 0 spiro atoms. The minimum absolute atomic E-state index is 0.00185. The molecule has 0 atom stereocenters. The minimum Gasteiger partial charge on any atom is -0.494 e. The van der Waals surface area contributed by atoms with Gasteiger partial charge in [-0.05, 0) is 30.3 Å². The van der Waals surface area contributed by atoms with Gasteiger partial charge in [-0.3, -0.25) is 19.7 Å². The van der Waals surface area contributed by atoms with Crippen molar-refractivity contribution in [2.75, 3.05) is 0 Å². The number of nitrogens with zero attached hydrogens (tertiary/aromatic N) is 2. The Bertz CT molecular complexity index is 1180. The zero-order valence-electron chi connectivity index (χ0n) is 13.5. The molecule has 3 heterocycles. The van der Waals surface area contributed by atoms with Gasteiger partial charge < -0.3 is 13.9 Å². The normalized spacial score (nSPS) is 11.0. The largest absolute Gasteiger partial charge is 0.494 e. The highest BCUT2D eigenvalue weighted by Gasteiger charge is 2.30. The number of non-ortho nitro benzene ring substituents is 1. The second-order valence-electron chi connectivity index (χ2n) is 5.58. The van der Waals surface area contributed by atoms with Crippen molar-refractivity contribution in [3.05, 3.63) is 82.2 Å². The SMILES string of the molecule is O=C(c1ccco1)c1c(O)n(C(=O)c2ccco2)c2cc([N+](=O)[O-])ccc12. The fourth-order valence-corrected chi connectivity index (χ4v) is 2.85. The number of furan rings is 2. The average molecular weight is 366 g/mol. The third kappa shape index (κ3) is 2.49. The molecule has 9 nitrogen and oxygen atoms in total. The Morgan fingerprint density at radius 2 is 1.70 bits per heavy atom. The lowest BCUT2D eigenvalue weighted by Gasteiger charge is -2.03. The maximum absolute atomic E-state index is 12.8. The van der Waals surface area contributed by atoms with Crippen molar-refractivity contribution < 1.29 is 28.5 Å². The highest BCUT2D eigenvalue weighted by molar-refractivity contribution is 6.19. The Morgan fingerprint density at radius 3 is 2.30 bits per heavy atom. The van der Waals surface area contributed by atoms with E-state index in [1.54, 1.807) is 0 Å². The summed E-state index contributed by atoms with van der Waals surface area (Å²) in [5, 5.41) is 21.9. The smallest absolute Gasteiger partial charge is 0.300 e. The highest BCUT2D eigenvalue weighted by Crippen LogP contribution is 2.35. The van der Waals surface area contributed by atoms with Crippen LogP contribution in [-0.2, 0) is 0 Å². The molecule has 1 aromatic carbocycles. The van der Waals surface area contributed by atoms with Gasteiger partial charge in [-0.1, -0.05) is 0 Å². The fraction of sp³-hybridized carbons (Fsp3) is 0. The van der Waals surface area contributed by atoms with Gasteiger partial charge in [-0.15, -0.1) is 0 Å². The Labute approximate surface area is 150 Å². The van der Waals surface area contributed by atoms with Gasteiger partial charge in [0.25, 0.3) is 5.69 Å². The van der Waals surface area contributed by atoms with Crippen LogP contribution in [0.25, 0.3) is 10.9 Å². The molecule has 27 heavy (non-hydrogen) atoms. The van der Waals surface area contributed by atoms with E-state index in [2.05, 4.69) is 0 Å². The Morgan fingerprint density at radius 1 is 1.04 bits per heavy atom. The number of fused-ring (bicyclic) bond motifs is 1. The van der Waals surface area contributed by atoms with Gasteiger partial charge in [0.2, 0.25) is 11.7 Å². The maximum atomic E-state index is 12.8. The lowest BCUT2D eigenvalue weighted by molar-refractivity contribution is -0.384. The zero-order valence-corrected chi connectivity index (χ0v) is 13.5. The van der Waals surface area contributed by atoms with Gasteiger partial charge in [0, 0.05) is 17.5 Å². The Balaban J connectivity index is 2.02. The number of aromatic nitrogens is 1. The molecule has 134 valence electrons. The first-order valence-corrected chi connectivity index (χ1v) is 7.67. The van der Waals surface area contributed by atoms with Crippen molar-refractivity contribution in [1.82, 2.24) is 4.57 Å².